The Bertz CT molecular complexity index is 634. The summed E-state index contributed by atoms with van der Waals surface area (Å²) in [7, 11) is 0. The van der Waals surface area contributed by atoms with E-state index in [1.807, 2.05) is 48.5 Å². The number of benzene rings is 2. The zero-order valence-electron chi connectivity index (χ0n) is 10.5. The predicted octanol–water partition coefficient (Wildman–Crippen LogP) is 2.85. The Morgan fingerprint density at radius 2 is 1.75 bits per heavy atom. The number of hydrogen-bond acceptors (Lipinski definition) is 3. The number of nitrogens with two attached hydrogens (primary N) is 2. The molecule has 0 aliphatic carbocycles. The van der Waals surface area contributed by atoms with Gasteiger partial charge in [0, 0.05) is 10.0 Å². The van der Waals surface area contributed by atoms with Crippen LogP contribution in [0, 0.1) is 0 Å². The number of halogens is 1. The van der Waals surface area contributed by atoms with Gasteiger partial charge in [-0.05, 0) is 36.4 Å². The van der Waals surface area contributed by atoms with Crippen LogP contribution in [0.2, 0.25) is 0 Å². The molecule has 0 saturated heterocycles. The zero-order valence-corrected chi connectivity index (χ0v) is 12.1. The molecule has 2 aromatic carbocycles. The molecular formula is C14H13BrN4O. The van der Waals surface area contributed by atoms with Crippen LogP contribution in [0.1, 0.15) is 5.56 Å². The van der Waals surface area contributed by atoms with E-state index in [4.69, 9.17) is 16.2 Å². The number of rotatable bonds is 4. The van der Waals surface area contributed by atoms with Gasteiger partial charge in [-0.25, -0.2) is 0 Å². The largest absolute Gasteiger partial charge is 0.457 e. The molecule has 0 unspecified atom stereocenters. The fourth-order valence-corrected chi connectivity index (χ4v) is 1.73. The molecule has 0 spiro atoms. The SMILES string of the molecule is NC(N)=NN=Cc1ccccc1Oc1ccc(Br)cc1. The van der Waals surface area contributed by atoms with Gasteiger partial charge in [0.2, 0.25) is 5.96 Å². The third-order valence-corrected chi connectivity index (χ3v) is 2.86. The highest BCUT2D eigenvalue weighted by Crippen LogP contribution is 2.25. The minimum absolute atomic E-state index is 0.0902. The van der Waals surface area contributed by atoms with E-state index in [1.165, 1.54) is 6.21 Å². The molecule has 6 heteroatoms. The first kappa shape index (κ1) is 14.1. The minimum atomic E-state index is -0.0902. The first-order valence-electron chi connectivity index (χ1n) is 5.79. The van der Waals surface area contributed by atoms with Gasteiger partial charge in [-0.1, -0.05) is 28.1 Å². The molecule has 102 valence electrons. The lowest BCUT2D eigenvalue weighted by molar-refractivity contribution is 0.482. The van der Waals surface area contributed by atoms with E-state index in [-0.39, 0.29) is 5.96 Å². The van der Waals surface area contributed by atoms with Crippen molar-refractivity contribution in [1.29, 1.82) is 0 Å². The maximum atomic E-state index is 5.80. The second-order valence-corrected chi connectivity index (χ2v) is 4.78. The van der Waals surface area contributed by atoms with Gasteiger partial charge in [-0.15, -0.1) is 5.10 Å². The van der Waals surface area contributed by atoms with Crippen LogP contribution < -0.4 is 16.2 Å². The summed E-state index contributed by atoms with van der Waals surface area (Å²) in [6, 6.07) is 15.0. The van der Waals surface area contributed by atoms with Gasteiger partial charge in [-0.2, -0.15) is 5.10 Å². The van der Waals surface area contributed by atoms with E-state index in [0.717, 1.165) is 15.8 Å². The number of ether oxygens (including phenoxy) is 1. The Balaban J connectivity index is 2.21. The quantitative estimate of drug-likeness (QED) is 0.512. The van der Waals surface area contributed by atoms with E-state index in [2.05, 4.69) is 26.1 Å². The fraction of sp³-hybridized carbons (Fsp3) is 0. The standard InChI is InChI=1S/C14H13BrN4O/c15-11-5-7-12(8-6-11)20-13-4-2-1-3-10(13)9-18-19-14(16)17/h1-9H,(H4,16,17,19). The number of para-hydroxylation sites is 1. The minimum Gasteiger partial charge on any atom is -0.457 e. The lowest BCUT2D eigenvalue weighted by atomic mass is 10.2. The molecule has 0 fully saturated rings. The Morgan fingerprint density at radius 1 is 1.05 bits per heavy atom. The molecule has 4 N–H and O–H groups in total. The smallest absolute Gasteiger partial charge is 0.211 e. The summed E-state index contributed by atoms with van der Waals surface area (Å²) in [4.78, 5) is 0. The summed E-state index contributed by atoms with van der Waals surface area (Å²) >= 11 is 3.38. The Hall–Kier alpha value is -2.34. The summed E-state index contributed by atoms with van der Waals surface area (Å²) in [5.41, 5.74) is 11.2. The summed E-state index contributed by atoms with van der Waals surface area (Å²) in [6.07, 6.45) is 1.54. The van der Waals surface area contributed by atoms with Crippen molar-refractivity contribution in [2.75, 3.05) is 0 Å². The first-order valence-corrected chi connectivity index (χ1v) is 6.59. The van der Waals surface area contributed by atoms with Gasteiger partial charge in [-0.3, -0.25) is 0 Å². The average molecular weight is 333 g/mol. The molecule has 0 radical (unpaired) electrons. The van der Waals surface area contributed by atoms with Crippen LogP contribution in [0.3, 0.4) is 0 Å². The maximum Gasteiger partial charge on any atom is 0.211 e. The Morgan fingerprint density at radius 3 is 2.45 bits per heavy atom. The molecular weight excluding hydrogens is 320 g/mol. The monoisotopic (exact) mass is 332 g/mol. The van der Waals surface area contributed by atoms with Crippen molar-refractivity contribution in [3.05, 3.63) is 58.6 Å². The van der Waals surface area contributed by atoms with Crippen molar-refractivity contribution in [2.24, 2.45) is 21.7 Å². The summed E-state index contributed by atoms with van der Waals surface area (Å²) in [5, 5.41) is 7.34. The summed E-state index contributed by atoms with van der Waals surface area (Å²) in [6.45, 7) is 0. The van der Waals surface area contributed by atoms with Crippen molar-refractivity contribution in [3.63, 3.8) is 0 Å². The van der Waals surface area contributed by atoms with Crippen LogP contribution in [-0.2, 0) is 0 Å². The lowest BCUT2D eigenvalue weighted by Gasteiger charge is -2.08. The molecule has 0 aliphatic heterocycles. The van der Waals surface area contributed by atoms with Crippen molar-refractivity contribution >= 4 is 28.1 Å². The van der Waals surface area contributed by atoms with Crippen LogP contribution in [0.5, 0.6) is 11.5 Å². The van der Waals surface area contributed by atoms with Gasteiger partial charge in [0.25, 0.3) is 0 Å². The van der Waals surface area contributed by atoms with Crippen molar-refractivity contribution in [1.82, 2.24) is 0 Å². The van der Waals surface area contributed by atoms with E-state index in [0.29, 0.717) is 5.75 Å². The fourth-order valence-electron chi connectivity index (χ4n) is 1.47. The summed E-state index contributed by atoms with van der Waals surface area (Å²) in [5.74, 6) is 1.31. The highest BCUT2D eigenvalue weighted by molar-refractivity contribution is 9.10. The average Bonchev–Trinajstić information content (AvgIpc) is 2.43. The molecule has 2 aromatic rings. The van der Waals surface area contributed by atoms with Crippen LogP contribution in [-0.4, -0.2) is 12.2 Å². The molecule has 20 heavy (non-hydrogen) atoms. The highest BCUT2D eigenvalue weighted by atomic mass is 79.9. The van der Waals surface area contributed by atoms with Gasteiger partial charge >= 0.3 is 0 Å². The molecule has 2 rings (SSSR count). The van der Waals surface area contributed by atoms with E-state index >= 15 is 0 Å². The third kappa shape index (κ3) is 4.10. The van der Waals surface area contributed by atoms with Crippen molar-refractivity contribution in [2.45, 2.75) is 0 Å². The van der Waals surface area contributed by atoms with Crippen LogP contribution in [0.4, 0.5) is 0 Å². The predicted molar refractivity (Wildman–Crippen MR) is 84.1 cm³/mol. The van der Waals surface area contributed by atoms with Gasteiger partial charge < -0.3 is 16.2 Å². The number of guanidine groups is 1. The van der Waals surface area contributed by atoms with E-state index < -0.39 is 0 Å². The Kier molecular flexibility index (Phi) is 4.73. The second kappa shape index (κ2) is 6.72. The molecule has 0 bridgehead atoms. The van der Waals surface area contributed by atoms with E-state index in [9.17, 15) is 0 Å². The number of nitrogens with zero attached hydrogens (tertiary/aromatic N) is 2. The molecule has 0 amide bonds. The second-order valence-electron chi connectivity index (χ2n) is 3.86. The van der Waals surface area contributed by atoms with Crippen LogP contribution >= 0.6 is 15.9 Å². The maximum absolute atomic E-state index is 5.80. The van der Waals surface area contributed by atoms with Crippen LogP contribution in [0.15, 0.2) is 63.2 Å². The normalized spacial score (nSPS) is 10.4. The molecule has 0 atom stereocenters. The lowest BCUT2D eigenvalue weighted by Crippen LogP contribution is -2.21. The molecule has 5 nitrogen and oxygen atoms in total. The van der Waals surface area contributed by atoms with Crippen molar-refractivity contribution in [3.8, 4) is 11.5 Å². The molecule has 0 saturated carbocycles. The van der Waals surface area contributed by atoms with Crippen LogP contribution in [0.25, 0.3) is 0 Å². The summed E-state index contributed by atoms with van der Waals surface area (Å²) < 4.78 is 6.79. The van der Waals surface area contributed by atoms with Gasteiger partial charge in [0.1, 0.15) is 11.5 Å². The molecule has 0 heterocycles. The topological polar surface area (TPSA) is 86.0 Å². The van der Waals surface area contributed by atoms with E-state index in [1.54, 1.807) is 0 Å². The van der Waals surface area contributed by atoms with Gasteiger partial charge in [0.05, 0.1) is 6.21 Å². The third-order valence-electron chi connectivity index (χ3n) is 2.33. The van der Waals surface area contributed by atoms with Gasteiger partial charge in [0.15, 0.2) is 0 Å². The Labute approximate surface area is 125 Å². The zero-order chi connectivity index (χ0) is 14.4. The number of hydrogen-bond donors (Lipinski definition) is 2. The highest BCUT2D eigenvalue weighted by Gasteiger charge is 2.02. The molecule has 0 aliphatic rings. The first-order chi connectivity index (χ1) is 9.65. The molecule has 0 aromatic heterocycles. The van der Waals surface area contributed by atoms with Crippen molar-refractivity contribution < 1.29 is 4.74 Å².